The third-order valence-electron chi connectivity index (χ3n) is 5.75. The minimum absolute atomic E-state index is 0.117. The number of hydrogen-bond acceptors (Lipinski definition) is 4. The van der Waals surface area contributed by atoms with Crippen LogP contribution in [0.4, 0.5) is 0 Å². The van der Waals surface area contributed by atoms with Crippen molar-refractivity contribution in [3.8, 4) is 0 Å². The molecule has 34 heavy (non-hydrogen) atoms. The summed E-state index contributed by atoms with van der Waals surface area (Å²) in [6.45, 7) is 9.84. The van der Waals surface area contributed by atoms with Gasteiger partial charge in [0, 0.05) is 25.0 Å². The van der Waals surface area contributed by atoms with Gasteiger partial charge in [0.1, 0.15) is 6.04 Å². The van der Waals surface area contributed by atoms with Crippen LogP contribution in [0.1, 0.15) is 72.4 Å². The average Bonchev–Trinajstić information content (AvgIpc) is 3.01. The van der Waals surface area contributed by atoms with Crippen molar-refractivity contribution in [1.82, 2.24) is 15.1 Å². The Kier molecular flexibility index (Phi) is 7.54. The minimum Gasteiger partial charge on any atom is -0.350 e. The molecule has 0 aromatic heterocycles. The highest BCUT2D eigenvalue weighted by Crippen LogP contribution is 2.23. The lowest BCUT2D eigenvalue weighted by atomic mass is 10.1. The predicted octanol–water partition coefficient (Wildman–Crippen LogP) is 3.70. The molecule has 180 valence electrons. The molecule has 1 aliphatic heterocycles. The van der Waals surface area contributed by atoms with Gasteiger partial charge in [0.25, 0.3) is 11.8 Å². The van der Waals surface area contributed by atoms with E-state index in [4.69, 9.17) is 0 Å². The Balaban J connectivity index is 1.69. The van der Waals surface area contributed by atoms with Crippen molar-refractivity contribution >= 4 is 23.6 Å². The van der Waals surface area contributed by atoms with Crippen LogP contribution >= 0.6 is 0 Å². The van der Waals surface area contributed by atoms with Gasteiger partial charge in [-0.3, -0.25) is 24.1 Å². The minimum atomic E-state index is -0.674. The lowest BCUT2D eigenvalue weighted by Gasteiger charge is -2.31. The number of fused-ring (bicyclic) bond motifs is 1. The molecule has 1 aliphatic rings. The van der Waals surface area contributed by atoms with Gasteiger partial charge in [0.2, 0.25) is 11.8 Å². The summed E-state index contributed by atoms with van der Waals surface area (Å²) in [5.41, 5.74) is 2.38. The van der Waals surface area contributed by atoms with Crippen LogP contribution in [0.5, 0.6) is 0 Å². The number of hydrogen-bond donors (Lipinski definition) is 1. The molecule has 4 amide bonds. The lowest BCUT2D eigenvalue weighted by Crippen LogP contribution is -2.52. The Morgan fingerprint density at radius 1 is 1.00 bits per heavy atom. The molecule has 3 rings (SSSR count). The molecule has 0 saturated carbocycles. The Morgan fingerprint density at radius 2 is 1.62 bits per heavy atom. The molecule has 7 nitrogen and oxygen atoms in total. The van der Waals surface area contributed by atoms with Crippen LogP contribution in [0.2, 0.25) is 0 Å². The first-order chi connectivity index (χ1) is 16.0. The summed E-state index contributed by atoms with van der Waals surface area (Å²) in [5, 5.41) is 2.94. The summed E-state index contributed by atoms with van der Waals surface area (Å²) in [7, 11) is 0. The van der Waals surface area contributed by atoms with Crippen molar-refractivity contribution in [2.24, 2.45) is 0 Å². The fraction of sp³-hybridized carbons (Fsp3) is 0.407. The van der Waals surface area contributed by atoms with Gasteiger partial charge in [-0.2, -0.15) is 0 Å². The summed E-state index contributed by atoms with van der Waals surface area (Å²) in [4.78, 5) is 54.0. The van der Waals surface area contributed by atoms with Gasteiger partial charge in [0.05, 0.1) is 11.1 Å². The summed E-state index contributed by atoms with van der Waals surface area (Å²) in [5.74, 6) is -1.09. The van der Waals surface area contributed by atoms with Gasteiger partial charge in [-0.05, 0) is 58.7 Å². The fourth-order valence-electron chi connectivity index (χ4n) is 4.04. The van der Waals surface area contributed by atoms with Gasteiger partial charge in [-0.1, -0.05) is 42.0 Å². The zero-order chi connectivity index (χ0) is 25.0. The SMILES string of the molecule is Cc1cccc(CN(C(=O)CCCN2C(=O)c3ccccc3C2=O)[C@H](C)C(=O)NC(C)(C)C)c1. The molecular weight excluding hydrogens is 430 g/mol. The second-order valence-corrected chi connectivity index (χ2v) is 9.84. The molecule has 0 unspecified atom stereocenters. The predicted molar refractivity (Wildman–Crippen MR) is 130 cm³/mol. The smallest absolute Gasteiger partial charge is 0.261 e. The molecule has 1 heterocycles. The summed E-state index contributed by atoms with van der Waals surface area (Å²) < 4.78 is 0. The Labute approximate surface area is 201 Å². The molecule has 2 aromatic rings. The highest BCUT2D eigenvalue weighted by molar-refractivity contribution is 6.21. The summed E-state index contributed by atoms with van der Waals surface area (Å²) in [6.07, 6.45) is 0.439. The zero-order valence-electron chi connectivity index (χ0n) is 20.6. The van der Waals surface area contributed by atoms with Gasteiger partial charge in [0.15, 0.2) is 0 Å². The molecule has 0 fully saturated rings. The maximum atomic E-state index is 13.3. The van der Waals surface area contributed by atoms with Crippen molar-refractivity contribution in [1.29, 1.82) is 0 Å². The second-order valence-electron chi connectivity index (χ2n) is 9.84. The van der Waals surface area contributed by atoms with E-state index in [0.29, 0.717) is 24.1 Å². The maximum Gasteiger partial charge on any atom is 0.261 e. The topological polar surface area (TPSA) is 86.8 Å². The Hall–Kier alpha value is -3.48. The molecular formula is C27H33N3O4. The number of nitrogens with zero attached hydrogens (tertiary/aromatic N) is 2. The number of amides is 4. The number of carbonyl (C=O) groups excluding carboxylic acids is 4. The van der Waals surface area contributed by atoms with Crippen LogP contribution in [-0.2, 0) is 16.1 Å². The van der Waals surface area contributed by atoms with E-state index < -0.39 is 11.6 Å². The van der Waals surface area contributed by atoms with Crippen molar-refractivity contribution in [2.75, 3.05) is 6.54 Å². The van der Waals surface area contributed by atoms with Crippen LogP contribution in [0, 0.1) is 6.92 Å². The number of aryl methyl sites for hydroxylation is 1. The highest BCUT2D eigenvalue weighted by atomic mass is 16.2. The largest absolute Gasteiger partial charge is 0.350 e. The van der Waals surface area contributed by atoms with E-state index in [1.165, 1.54) is 4.90 Å². The third kappa shape index (κ3) is 5.90. The van der Waals surface area contributed by atoms with Crippen LogP contribution in [0.25, 0.3) is 0 Å². The molecule has 7 heteroatoms. The van der Waals surface area contributed by atoms with E-state index in [0.717, 1.165) is 11.1 Å². The number of rotatable bonds is 8. The first-order valence-electron chi connectivity index (χ1n) is 11.6. The van der Waals surface area contributed by atoms with Crippen molar-refractivity contribution in [3.63, 3.8) is 0 Å². The second kappa shape index (κ2) is 10.2. The molecule has 1 atom stereocenters. The molecule has 0 radical (unpaired) electrons. The quantitative estimate of drug-likeness (QED) is 0.605. The van der Waals surface area contributed by atoms with Crippen molar-refractivity contribution in [3.05, 3.63) is 70.8 Å². The first-order valence-corrected chi connectivity index (χ1v) is 11.6. The van der Waals surface area contributed by atoms with E-state index in [9.17, 15) is 19.2 Å². The number of imide groups is 1. The van der Waals surface area contributed by atoms with E-state index in [1.807, 2.05) is 52.0 Å². The lowest BCUT2D eigenvalue weighted by molar-refractivity contribution is -0.141. The Bertz CT molecular complexity index is 1070. The normalized spacial score (nSPS) is 14.1. The van der Waals surface area contributed by atoms with E-state index in [1.54, 1.807) is 36.1 Å². The van der Waals surface area contributed by atoms with Gasteiger partial charge < -0.3 is 10.2 Å². The molecule has 0 aliphatic carbocycles. The van der Waals surface area contributed by atoms with E-state index in [2.05, 4.69) is 5.32 Å². The number of carbonyl (C=O) groups is 4. The third-order valence-corrected chi connectivity index (χ3v) is 5.75. The molecule has 2 aromatic carbocycles. The number of nitrogens with one attached hydrogen (secondary N) is 1. The fourth-order valence-corrected chi connectivity index (χ4v) is 4.04. The van der Waals surface area contributed by atoms with Crippen molar-refractivity contribution in [2.45, 2.75) is 65.6 Å². The van der Waals surface area contributed by atoms with E-state index in [-0.39, 0.29) is 36.6 Å². The highest BCUT2D eigenvalue weighted by Gasteiger charge is 2.35. The van der Waals surface area contributed by atoms with Crippen LogP contribution in [-0.4, -0.2) is 51.6 Å². The zero-order valence-corrected chi connectivity index (χ0v) is 20.6. The maximum absolute atomic E-state index is 13.3. The van der Waals surface area contributed by atoms with Crippen molar-refractivity contribution < 1.29 is 19.2 Å². The summed E-state index contributed by atoms with van der Waals surface area (Å²) >= 11 is 0. The van der Waals surface area contributed by atoms with Crippen LogP contribution in [0.15, 0.2) is 48.5 Å². The van der Waals surface area contributed by atoms with Gasteiger partial charge in [-0.15, -0.1) is 0 Å². The van der Waals surface area contributed by atoms with Crippen LogP contribution < -0.4 is 5.32 Å². The molecule has 1 N–H and O–H groups in total. The first kappa shape index (κ1) is 25.1. The standard InChI is InChI=1S/C27H33N3O4/c1-18-10-8-11-20(16-18)17-30(19(2)24(32)28-27(3,4)5)23(31)14-9-15-29-25(33)21-12-6-7-13-22(21)26(29)34/h6-8,10-13,16,19H,9,14-15,17H2,1-5H3,(H,28,32)/t19-/m1/s1. The van der Waals surface area contributed by atoms with Crippen LogP contribution in [0.3, 0.4) is 0 Å². The Morgan fingerprint density at radius 3 is 2.18 bits per heavy atom. The molecule has 0 spiro atoms. The molecule has 0 saturated heterocycles. The monoisotopic (exact) mass is 463 g/mol. The number of benzene rings is 2. The van der Waals surface area contributed by atoms with Gasteiger partial charge >= 0.3 is 0 Å². The van der Waals surface area contributed by atoms with E-state index >= 15 is 0 Å². The average molecular weight is 464 g/mol. The van der Waals surface area contributed by atoms with Gasteiger partial charge in [-0.25, -0.2) is 0 Å². The summed E-state index contributed by atoms with van der Waals surface area (Å²) in [6, 6.07) is 13.9. The molecule has 0 bridgehead atoms.